The smallest absolute Gasteiger partial charge is 0.191 e. The van der Waals surface area contributed by atoms with Crippen LogP contribution in [0, 0.1) is 29.2 Å². The average Bonchev–Trinajstić information content (AvgIpc) is 2.74. The highest BCUT2D eigenvalue weighted by molar-refractivity contribution is 6.83. The van der Waals surface area contributed by atoms with Crippen LogP contribution < -0.4 is 0 Å². The quantitative estimate of drug-likeness (QED) is 0.151. The van der Waals surface area contributed by atoms with E-state index in [0.29, 0.717) is 6.61 Å². The topological polar surface area (TPSA) is 66.4 Å². The highest BCUT2D eigenvalue weighted by Gasteiger charge is 2.38. The van der Waals surface area contributed by atoms with Crippen molar-refractivity contribution in [3.05, 3.63) is 0 Å². The first-order valence-electron chi connectivity index (χ1n) is 13.0. The SMILES string of the molecule is COCO[C@@H]([C@@H](C)CC[C@H](OCOC)[C@H](C)[C@@H](O)C#C[Si](C)(C)C)[C@@H](C)CO[Si](C)(C)C(C)(C)C. The molecule has 8 heteroatoms. The van der Waals surface area contributed by atoms with Crippen molar-refractivity contribution < 1.29 is 28.5 Å². The fourth-order valence-electron chi connectivity index (χ4n) is 3.56. The molecule has 0 spiro atoms. The van der Waals surface area contributed by atoms with Crippen LogP contribution in [-0.4, -0.2) is 74.2 Å². The van der Waals surface area contributed by atoms with Gasteiger partial charge in [0.15, 0.2) is 8.32 Å². The van der Waals surface area contributed by atoms with Gasteiger partial charge in [0.25, 0.3) is 0 Å². The van der Waals surface area contributed by atoms with Crippen LogP contribution in [0.5, 0.6) is 0 Å². The third-order valence-electron chi connectivity index (χ3n) is 7.00. The van der Waals surface area contributed by atoms with Crippen LogP contribution in [0.15, 0.2) is 0 Å². The minimum absolute atomic E-state index is 0.00490. The van der Waals surface area contributed by atoms with Gasteiger partial charge in [-0.05, 0) is 36.9 Å². The molecule has 0 saturated heterocycles. The zero-order chi connectivity index (χ0) is 27.4. The molecule has 0 heterocycles. The molecule has 0 aliphatic carbocycles. The van der Waals surface area contributed by atoms with Crippen molar-refractivity contribution >= 4 is 16.4 Å². The molecule has 0 amide bonds. The van der Waals surface area contributed by atoms with Gasteiger partial charge in [-0.3, -0.25) is 0 Å². The maximum absolute atomic E-state index is 10.7. The van der Waals surface area contributed by atoms with Gasteiger partial charge in [0.05, 0.1) is 12.2 Å². The Balaban J connectivity index is 5.33. The number of hydrogen-bond donors (Lipinski definition) is 1. The molecule has 6 atom stereocenters. The van der Waals surface area contributed by atoms with E-state index in [2.05, 4.69) is 78.8 Å². The van der Waals surface area contributed by atoms with Crippen molar-refractivity contribution in [3.8, 4) is 11.5 Å². The Hall–Kier alpha value is -0.246. The normalized spacial score (nSPS) is 18.2. The van der Waals surface area contributed by atoms with Gasteiger partial charge in [-0.15, -0.1) is 5.54 Å². The zero-order valence-electron chi connectivity index (χ0n) is 25.0. The van der Waals surface area contributed by atoms with Crippen LogP contribution in [0.25, 0.3) is 0 Å². The van der Waals surface area contributed by atoms with E-state index in [1.165, 1.54) is 0 Å². The third kappa shape index (κ3) is 13.7. The molecule has 0 unspecified atom stereocenters. The molecule has 0 aromatic carbocycles. The molecular formula is C27H56O6Si2. The van der Waals surface area contributed by atoms with Gasteiger partial charge in [0.2, 0.25) is 0 Å². The summed E-state index contributed by atoms with van der Waals surface area (Å²) in [6, 6.07) is 0. The molecule has 0 aromatic rings. The first-order chi connectivity index (χ1) is 16.0. The molecule has 0 aliphatic heterocycles. The predicted octanol–water partition coefficient (Wildman–Crippen LogP) is 5.92. The summed E-state index contributed by atoms with van der Waals surface area (Å²) in [5.74, 6) is 3.42. The lowest BCUT2D eigenvalue weighted by atomic mass is 9.86. The summed E-state index contributed by atoms with van der Waals surface area (Å²) in [6.07, 6.45) is 0.766. The van der Waals surface area contributed by atoms with Crippen molar-refractivity contribution in [1.82, 2.24) is 0 Å². The monoisotopic (exact) mass is 532 g/mol. The number of methoxy groups -OCH3 is 2. The molecule has 0 radical (unpaired) electrons. The number of aliphatic hydroxyl groups is 1. The maximum atomic E-state index is 10.7. The molecule has 208 valence electrons. The zero-order valence-corrected chi connectivity index (χ0v) is 27.0. The van der Waals surface area contributed by atoms with Crippen LogP contribution in [-0.2, 0) is 23.4 Å². The van der Waals surface area contributed by atoms with E-state index in [0.717, 1.165) is 12.8 Å². The van der Waals surface area contributed by atoms with Crippen LogP contribution in [0.2, 0.25) is 37.8 Å². The standard InChI is InChI=1S/C27H56O6Si2/c1-21(26(32-20-30-8)22(2)18-33-35(12,13)27(4,5)6)14-15-25(31-19-29-7)23(3)24(28)16-17-34(9,10)11/h21-26,28H,14-15,18-20H2,1-13H3/t21-,22-,23+,24-,25-,26-/m0/s1. The Morgan fingerprint density at radius 3 is 1.86 bits per heavy atom. The van der Waals surface area contributed by atoms with Gasteiger partial charge < -0.3 is 28.5 Å². The maximum Gasteiger partial charge on any atom is 0.191 e. The van der Waals surface area contributed by atoms with E-state index in [9.17, 15) is 5.11 Å². The predicted molar refractivity (Wildman–Crippen MR) is 151 cm³/mol. The Morgan fingerprint density at radius 1 is 0.829 bits per heavy atom. The molecule has 35 heavy (non-hydrogen) atoms. The molecule has 0 saturated carbocycles. The summed E-state index contributed by atoms with van der Waals surface area (Å²) in [6.45, 7) is 25.4. The molecule has 0 bridgehead atoms. The fraction of sp³-hybridized carbons (Fsp3) is 0.926. The summed E-state index contributed by atoms with van der Waals surface area (Å²) < 4.78 is 29.0. The Bertz CT molecular complexity index is 632. The van der Waals surface area contributed by atoms with E-state index in [1.54, 1.807) is 14.2 Å². The van der Waals surface area contributed by atoms with E-state index < -0.39 is 22.5 Å². The summed E-state index contributed by atoms with van der Waals surface area (Å²) in [5, 5.41) is 10.9. The number of aliphatic hydroxyl groups excluding tert-OH is 1. The second-order valence-corrected chi connectivity index (χ2v) is 22.1. The van der Waals surface area contributed by atoms with Crippen molar-refractivity contribution in [3.63, 3.8) is 0 Å². The van der Waals surface area contributed by atoms with E-state index in [-0.39, 0.29) is 48.6 Å². The Labute approximate surface area is 218 Å². The van der Waals surface area contributed by atoms with Crippen molar-refractivity contribution in [1.29, 1.82) is 0 Å². The van der Waals surface area contributed by atoms with E-state index in [1.807, 2.05) is 6.92 Å². The number of rotatable bonds is 16. The first kappa shape index (κ1) is 34.8. The third-order valence-corrected chi connectivity index (χ3v) is 12.4. The minimum Gasteiger partial charge on any atom is -0.416 e. The second kappa shape index (κ2) is 15.9. The van der Waals surface area contributed by atoms with E-state index >= 15 is 0 Å². The molecule has 6 nitrogen and oxygen atoms in total. The van der Waals surface area contributed by atoms with Crippen molar-refractivity contribution in [2.45, 2.75) is 110 Å². The second-order valence-electron chi connectivity index (χ2n) is 12.6. The van der Waals surface area contributed by atoms with Crippen LogP contribution in [0.4, 0.5) is 0 Å². The van der Waals surface area contributed by atoms with Crippen LogP contribution in [0.1, 0.15) is 54.4 Å². The summed E-state index contributed by atoms with van der Waals surface area (Å²) in [4.78, 5) is 0. The lowest BCUT2D eigenvalue weighted by Gasteiger charge is -2.38. The fourth-order valence-corrected chi connectivity index (χ4v) is 5.25. The lowest BCUT2D eigenvalue weighted by molar-refractivity contribution is -0.122. The van der Waals surface area contributed by atoms with Gasteiger partial charge in [-0.2, -0.15) is 0 Å². The lowest BCUT2D eigenvalue weighted by Crippen LogP contribution is -2.43. The van der Waals surface area contributed by atoms with Gasteiger partial charge in [-0.1, -0.05) is 67.1 Å². The Morgan fingerprint density at radius 2 is 1.37 bits per heavy atom. The average molecular weight is 533 g/mol. The van der Waals surface area contributed by atoms with Gasteiger partial charge in [-0.25, -0.2) is 0 Å². The molecule has 0 fully saturated rings. The Kier molecular flexibility index (Phi) is 15.8. The van der Waals surface area contributed by atoms with Gasteiger partial charge >= 0.3 is 0 Å². The highest BCUT2D eigenvalue weighted by atomic mass is 28.4. The summed E-state index contributed by atoms with van der Waals surface area (Å²) >= 11 is 0. The minimum atomic E-state index is -1.84. The number of hydrogen-bond acceptors (Lipinski definition) is 6. The largest absolute Gasteiger partial charge is 0.416 e. The highest BCUT2D eigenvalue weighted by Crippen LogP contribution is 2.37. The molecule has 0 aromatic heterocycles. The molecule has 0 aliphatic rings. The molecule has 0 rings (SSSR count). The summed E-state index contributed by atoms with van der Waals surface area (Å²) in [5.41, 5.74) is 3.28. The van der Waals surface area contributed by atoms with Crippen LogP contribution >= 0.6 is 0 Å². The van der Waals surface area contributed by atoms with Gasteiger partial charge in [0.1, 0.15) is 27.8 Å². The summed E-state index contributed by atoms with van der Waals surface area (Å²) in [7, 11) is -0.133. The molecule has 1 N–H and O–H groups in total. The van der Waals surface area contributed by atoms with Crippen LogP contribution in [0.3, 0.4) is 0 Å². The number of ether oxygens (including phenoxy) is 4. The van der Waals surface area contributed by atoms with Crippen molar-refractivity contribution in [2.75, 3.05) is 34.4 Å². The van der Waals surface area contributed by atoms with Gasteiger partial charge in [0, 0.05) is 32.7 Å². The molecular weight excluding hydrogens is 476 g/mol. The van der Waals surface area contributed by atoms with E-state index in [4.69, 9.17) is 23.4 Å². The van der Waals surface area contributed by atoms with Crippen molar-refractivity contribution in [2.24, 2.45) is 17.8 Å². The first-order valence-corrected chi connectivity index (χ1v) is 19.4.